The molecule has 2 aromatic rings. The van der Waals surface area contributed by atoms with Gasteiger partial charge in [-0.05, 0) is 32.0 Å². The third kappa shape index (κ3) is 3.82. The molecular weight excluding hydrogens is 284 g/mol. The van der Waals surface area contributed by atoms with Crippen LogP contribution in [0.1, 0.15) is 12.5 Å². The van der Waals surface area contributed by atoms with Gasteiger partial charge in [-0.25, -0.2) is 0 Å². The Morgan fingerprint density at radius 3 is 2.45 bits per heavy atom. The lowest BCUT2D eigenvalue weighted by atomic mass is 10.2. The summed E-state index contributed by atoms with van der Waals surface area (Å²) in [5.41, 5.74) is 1.56. The predicted octanol–water partition coefficient (Wildman–Crippen LogP) is 3.31. The highest BCUT2D eigenvalue weighted by atomic mass is 16.6. The van der Waals surface area contributed by atoms with E-state index in [4.69, 9.17) is 4.74 Å². The van der Waals surface area contributed by atoms with Crippen molar-refractivity contribution in [3.05, 3.63) is 64.2 Å². The summed E-state index contributed by atoms with van der Waals surface area (Å²) < 4.78 is 5.41. The predicted molar refractivity (Wildman–Crippen MR) is 83.0 cm³/mol. The average molecular weight is 300 g/mol. The second kappa shape index (κ2) is 6.71. The van der Waals surface area contributed by atoms with Crippen molar-refractivity contribution < 1.29 is 14.5 Å². The van der Waals surface area contributed by atoms with E-state index < -0.39 is 11.0 Å². The zero-order valence-electron chi connectivity index (χ0n) is 12.3. The minimum atomic E-state index is -0.859. The second-order valence-electron chi connectivity index (χ2n) is 4.84. The molecule has 0 radical (unpaired) electrons. The normalized spacial score (nSPS) is 11.5. The van der Waals surface area contributed by atoms with E-state index in [1.807, 2.05) is 19.1 Å². The quantitative estimate of drug-likeness (QED) is 0.678. The summed E-state index contributed by atoms with van der Waals surface area (Å²) in [6.45, 7) is 3.49. The number of rotatable bonds is 5. The van der Waals surface area contributed by atoms with Crippen molar-refractivity contribution in [3.8, 4) is 5.75 Å². The SMILES string of the molecule is Cc1ccc(NC(=O)[C@@H](C)Oc2ccccc2[N+](=O)[O-])cc1. The Morgan fingerprint density at radius 1 is 1.18 bits per heavy atom. The average Bonchev–Trinajstić information content (AvgIpc) is 2.49. The maximum absolute atomic E-state index is 12.1. The number of anilines is 1. The van der Waals surface area contributed by atoms with Crippen LogP contribution in [0.15, 0.2) is 48.5 Å². The Balaban J connectivity index is 2.05. The first-order valence-corrected chi connectivity index (χ1v) is 6.75. The third-order valence-electron chi connectivity index (χ3n) is 3.05. The van der Waals surface area contributed by atoms with E-state index in [0.29, 0.717) is 5.69 Å². The highest BCUT2D eigenvalue weighted by Crippen LogP contribution is 2.27. The lowest BCUT2D eigenvalue weighted by molar-refractivity contribution is -0.386. The summed E-state index contributed by atoms with van der Waals surface area (Å²) in [7, 11) is 0. The Hall–Kier alpha value is -2.89. The van der Waals surface area contributed by atoms with Crippen molar-refractivity contribution in [2.45, 2.75) is 20.0 Å². The van der Waals surface area contributed by atoms with Gasteiger partial charge in [-0.1, -0.05) is 29.8 Å². The summed E-state index contributed by atoms with van der Waals surface area (Å²) in [4.78, 5) is 22.5. The minimum absolute atomic E-state index is 0.0686. The first-order valence-electron chi connectivity index (χ1n) is 6.75. The molecule has 0 aliphatic rings. The van der Waals surface area contributed by atoms with Crippen molar-refractivity contribution >= 4 is 17.3 Å². The van der Waals surface area contributed by atoms with E-state index in [2.05, 4.69) is 5.32 Å². The van der Waals surface area contributed by atoms with Gasteiger partial charge in [0.25, 0.3) is 5.91 Å². The number of amides is 1. The largest absolute Gasteiger partial charge is 0.474 e. The van der Waals surface area contributed by atoms with Crippen LogP contribution in [-0.4, -0.2) is 16.9 Å². The number of para-hydroxylation sites is 2. The molecule has 22 heavy (non-hydrogen) atoms. The smallest absolute Gasteiger partial charge is 0.310 e. The Labute approximate surface area is 127 Å². The molecule has 114 valence electrons. The first kappa shape index (κ1) is 15.5. The maximum Gasteiger partial charge on any atom is 0.310 e. The molecular formula is C16H16N2O4. The zero-order valence-corrected chi connectivity index (χ0v) is 12.3. The number of nitrogens with zero attached hydrogens (tertiary/aromatic N) is 1. The van der Waals surface area contributed by atoms with Crippen LogP contribution in [0.2, 0.25) is 0 Å². The van der Waals surface area contributed by atoms with Crippen molar-refractivity contribution in [2.24, 2.45) is 0 Å². The molecule has 0 aromatic heterocycles. The van der Waals surface area contributed by atoms with Crippen LogP contribution in [-0.2, 0) is 4.79 Å². The molecule has 2 aromatic carbocycles. The molecule has 0 unspecified atom stereocenters. The summed E-state index contributed by atoms with van der Waals surface area (Å²) in [5.74, 6) is -0.305. The van der Waals surface area contributed by atoms with Crippen LogP contribution in [0.4, 0.5) is 11.4 Å². The van der Waals surface area contributed by atoms with Crippen molar-refractivity contribution in [3.63, 3.8) is 0 Å². The lowest BCUT2D eigenvalue weighted by Crippen LogP contribution is -2.30. The van der Waals surface area contributed by atoms with Gasteiger partial charge in [-0.2, -0.15) is 0 Å². The highest BCUT2D eigenvalue weighted by molar-refractivity contribution is 5.94. The zero-order chi connectivity index (χ0) is 16.1. The molecule has 1 N–H and O–H groups in total. The molecule has 6 heteroatoms. The van der Waals surface area contributed by atoms with Crippen LogP contribution in [0.5, 0.6) is 5.75 Å². The Morgan fingerprint density at radius 2 is 1.82 bits per heavy atom. The van der Waals surface area contributed by atoms with Gasteiger partial charge >= 0.3 is 5.69 Å². The fourth-order valence-electron chi connectivity index (χ4n) is 1.83. The number of nitro benzene ring substituents is 1. The number of benzene rings is 2. The molecule has 0 aliphatic carbocycles. The number of nitrogens with one attached hydrogen (secondary N) is 1. The second-order valence-corrected chi connectivity index (χ2v) is 4.84. The van der Waals surface area contributed by atoms with Crippen LogP contribution in [0, 0.1) is 17.0 Å². The van der Waals surface area contributed by atoms with Gasteiger partial charge in [0.2, 0.25) is 0 Å². The monoisotopic (exact) mass is 300 g/mol. The minimum Gasteiger partial charge on any atom is -0.474 e. The van der Waals surface area contributed by atoms with Crippen molar-refractivity contribution in [1.29, 1.82) is 0 Å². The summed E-state index contributed by atoms with van der Waals surface area (Å²) >= 11 is 0. The topological polar surface area (TPSA) is 81.5 Å². The van der Waals surface area contributed by atoms with E-state index in [0.717, 1.165) is 5.56 Å². The number of ether oxygens (including phenoxy) is 1. The van der Waals surface area contributed by atoms with Gasteiger partial charge in [0, 0.05) is 11.8 Å². The number of aryl methyl sites for hydroxylation is 1. The van der Waals surface area contributed by atoms with Gasteiger partial charge in [0.15, 0.2) is 11.9 Å². The van der Waals surface area contributed by atoms with Crippen LogP contribution in [0.3, 0.4) is 0 Å². The molecule has 0 heterocycles. The highest BCUT2D eigenvalue weighted by Gasteiger charge is 2.20. The summed E-state index contributed by atoms with van der Waals surface area (Å²) in [5, 5.41) is 13.6. The van der Waals surface area contributed by atoms with E-state index in [1.54, 1.807) is 31.2 Å². The molecule has 0 saturated heterocycles. The molecule has 2 rings (SSSR count). The molecule has 0 saturated carbocycles. The molecule has 1 atom stereocenters. The van der Waals surface area contributed by atoms with Crippen molar-refractivity contribution in [1.82, 2.24) is 0 Å². The first-order chi connectivity index (χ1) is 10.5. The molecule has 0 aliphatic heterocycles. The summed E-state index contributed by atoms with van der Waals surface area (Å²) in [6, 6.07) is 13.3. The van der Waals surface area contributed by atoms with Gasteiger partial charge in [0.05, 0.1) is 4.92 Å². The number of nitro groups is 1. The fraction of sp³-hybridized carbons (Fsp3) is 0.188. The van der Waals surface area contributed by atoms with Crippen LogP contribution >= 0.6 is 0 Å². The maximum atomic E-state index is 12.1. The molecule has 1 amide bonds. The van der Waals surface area contributed by atoms with E-state index in [1.165, 1.54) is 12.1 Å². The summed E-state index contributed by atoms with van der Waals surface area (Å²) in [6.07, 6.45) is -0.859. The van der Waals surface area contributed by atoms with Crippen molar-refractivity contribution in [2.75, 3.05) is 5.32 Å². The van der Waals surface area contributed by atoms with Gasteiger partial charge in [-0.15, -0.1) is 0 Å². The Kier molecular flexibility index (Phi) is 4.73. The van der Waals surface area contributed by atoms with Gasteiger partial charge in [-0.3, -0.25) is 14.9 Å². The van der Waals surface area contributed by atoms with Gasteiger partial charge < -0.3 is 10.1 Å². The number of hydrogen-bond acceptors (Lipinski definition) is 4. The van der Waals surface area contributed by atoms with Crippen LogP contribution < -0.4 is 10.1 Å². The van der Waals surface area contributed by atoms with E-state index in [-0.39, 0.29) is 17.3 Å². The van der Waals surface area contributed by atoms with E-state index in [9.17, 15) is 14.9 Å². The lowest BCUT2D eigenvalue weighted by Gasteiger charge is -2.14. The molecule has 0 fully saturated rings. The van der Waals surface area contributed by atoms with Crippen LogP contribution in [0.25, 0.3) is 0 Å². The van der Waals surface area contributed by atoms with E-state index >= 15 is 0 Å². The standard InChI is InChI=1S/C16H16N2O4/c1-11-7-9-13(10-8-11)17-16(19)12(2)22-15-6-4-3-5-14(15)18(20)21/h3-10,12H,1-2H3,(H,17,19)/t12-/m1/s1. The Bertz CT molecular complexity index is 683. The number of carbonyl (C=O) groups excluding carboxylic acids is 1. The fourth-order valence-corrected chi connectivity index (χ4v) is 1.83. The molecule has 0 spiro atoms. The molecule has 6 nitrogen and oxygen atoms in total. The third-order valence-corrected chi connectivity index (χ3v) is 3.05. The van der Waals surface area contributed by atoms with Gasteiger partial charge in [0.1, 0.15) is 0 Å². The molecule has 0 bridgehead atoms. The number of hydrogen-bond donors (Lipinski definition) is 1. The number of carbonyl (C=O) groups is 1.